The number of primary amides is 1. The highest BCUT2D eigenvalue weighted by molar-refractivity contribution is 5.91. The van der Waals surface area contributed by atoms with E-state index in [9.17, 15) is 9.59 Å². The van der Waals surface area contributed by atoms with Crippen LogP contribution in [0.4, 0.5) is 0 Å². The number of benzene rings is 1. The van der Waals surface area contributed by atoms with Gasteiger partial charge in [-0.05, 0) is 31.0 Å². The van der Waals surface area contributed by atoms with Gasteiger partial charge in [0.15, 0.2) is 5.69 Å². The van der Waals surface area contributed by atoms with E-state index in [1.54, 1.807) is 19.1 Å². The Labute approximate surface area is 104 Å². The van der Waals surface area contributed by atoms with E-state index in [0.29, 0.717) is 11.3 Å². The average Bonchev–Trinajstić information content (AvgIpc) is 2.30. The van der Waals surface area contributed by atoms with E-state index >= 15 is 0 Å². The Balaban J connectivity index is 2.73. The second kappa shape index (κ2) is 4.44. The van der Waals surface area contributed by atoms with E-state index in [1.165, 1.54) is 10.7 Å². The molecule has 0 saturated heterocycles. The maximum Gasteiger partial charge on any atom is 0.271 e. The van der Waals surface area contributed by atoms with Gasteiger partial charge in [0.2, 0.25) is 0 Å². The Hall–Kier alpha value is -2.43. The monoisotopic (exact) mass is 243 g/mol. The number of nitrogens with zero attached hydrogens (tertiary/aromatic N) is 2. The highest BCUT2D eigenvalue weighted by Crippen LogP contribution is 2.11. The van der Waals surface area contributed by atoms with Crippen molar-refractivity contribution in [3.8, 4) is 5.69 Å². The highest BCUT2D eigenvalue weighted by atomic mass is 16.1. The molecule has 0 aliphatic carbocycles. The standard InChI is InChI=1S/C13H13N3O2/c1-8-5-3-4-6-10(8)16-11(17)7-9(2)12(15-16)13(14)18/h3-7H,1-2H3,(H2,14,18). The third kappa shape index (κ3) is 2.02. The molecule has 2 aromatic rings. The average molecular weight is 243 g/mol. The van der Waals surface area contributed by atoms with Gasteiger partial charge >= 0.3 is 0 Å². The first-order chi connectivity index (χ1) is 8.50. The number of aryl methyl sites for hydroxylation is 2. The lowest BCUT2D eigenvalue weighted by Crippen LogP contribution is -2.27. The predicted octanol–water partition coefficient (Wildman–Crippen LogP) is 0.948. The second-order valence-electron chi connectivity index (χ2n) is 4.08. The minimum absolute atomic E-state index is 0.109. The smallest absolute Gasteiger partial charge is 0.271 e. The molecule has 0 bridgehead atoms. The molecular weight excluding hydrogens is 230 g/mol. The van der Waals surface area contributed by atoms with Crippen molar-refractivity contribution in [2.75, 3.05) is 0 Å². The highest BCUT2D eigenvalue weighted by Gasteiger charge is 2.12. The Morgan fingerprint density at radius 3 is 2.50 bits per heavy atom. The van der Waals surface area contributed by atoms with Crippen LogP contribution >= 0.6 is 0 Å². The molecule has 0 atom stereocenters. The Morgan fingerprint density at radius 2 is 1.89 bits per heavy atom. The molecule has 5 heteroatoms. The number of nitrogens with two attached hydrogens (primary N) is 1. The molecular formula is C13H13N3O2. The van der Waals surface area contributed by atoms with E-state index in [1.807, 2.05) is 19.1 Å². The van der Waals surface area contributed by atoms with Crippen molar-refractivity contribution in [1.82, 2.24) is 9.78 Å². The van der Waals surface area contributed by atoms with Crippen LogP contribution in [0.25, 0.3) is 5.69 Å². The molecule has 0 spiro atoms. The zero-order chi connectivity index (χ0) is 13.3. The van der Waals surface area contributed by atoms with Gasteiger partial charge < -0.3 is 5.73 Å². The summed E-state index contributed by atoms with van der Waals surface area (Å²) in [7, 11) is 0. The Kier molecular flexibility index (Phi) is 2.97. The molecule has 92 valence electrons. The fourth-order valence-electron chi connectivity index (χ4n) is 1.76. The summed E-state index contributed by atoms with van der Waals surface area (Å²) in [4.78, 5) is 23.2. The zero-order valence-electron chi connectivity index (χ0n) is 10.2. The van der Waals surface area contributed by atoms with Crippen LogP contribution in [-0.2, 0) is 0 Å². The molecule has 1 aromatic carbocycles. The van der Waals surface area contributed by atoms with E-state index in [0.717, 1.165) is 5.56 Å². The first-order valence-electron chi connectivity index (χ1n) is 5.47. The molecule has 5 nitrogen and oxygen atoms in total. The number of amides is 1. The molecule has 1 amide bonds. The predicted molar refractivity (Wildman–Crippen MR) is 67.8 cm³/mol. The van der Waals surface area contributed by atoms with Crippen LogP contribution in [0.2, 0.25) is 0 Å². The van der Waals surface area contributed by atoms with Gasteiger partial charge in [0.25, 0.3) is 11.5 Å². The van der Waals surface area contributed by atoms with Gasteiger partial charge in [-0.15, -0.1) is 0 Å². The largest absolute Gasteiger partial charge is 0.364 e. The summed E-state index contributed by atoms with van der Waals surface area (Å²) in [5.41, 5.74) is 7.08. The summed E-state index contributed by atoms with van der Waals surface area (Å²) in [6.45, 7) is 3.50. The molecule has 0 unspecified atom stereocenters. The Bertz CT molecular complexity index is 674. The van der Waals surface area contributed by atoms with Crippen LogP contribution in [0.15, 0.2) is 35.1 Å². The maximum absolute atomic E-state index is 11.9. The second-order valence-corrected chi connectivity index (χ2v) is 4.08. The van der Waals surface area contributed by atoms with Crippen LogP contribution < -0.4 is 11.3 Å². The van der Waals surface area contributed by atoms with Crippen molar-refractivity contribution in [3.63, 3.8) is 0 Å². The molecule has 0 aliphatic heterocycles. The number of aromatic nitrogens is 2. The van der Waals surface area contributed by atoms with E-state index in [4.69, 9.17) is 5.73 Å². The van der Waals surface area contributed by atoms with Crippen LogP contribution in [0.1, 0.15) is 21.6 Å². The SMILES string of the molecule is Cc1ccccc1-n1nc(C(N)=O)c(C)cc1=O. The van der Waals surface area contributed by atoms with Crippen LogP contribution in [-0.4, -0.2) is 15.7 Å². The lowest BCUT2D eigenvalue weighted by atomic mass is 10.2. The Morgan fingerprint density at radius 1 is 1.22 bits per heavy atom. The fourth-order valence-corrected chi connectivity index (χ4v) is 1.76. The molecule has 0 fully saturated rings. The molecule has 18 heavy (non-hydrogen) atoms. The van der Waals surface area contributed by atoms with Gasteiger partial charge in [0, 0.05) is 6.07 Å². The summed E-state index contributed by atoms with van der Waals surface area (Å²) < 4.78 is 1.20. The molecule has 0 saturated carbocycles. The van der Waals surface area contributed by atoms with Crippen LogP contribution in [0, 0.1) is 13.8 Å². The quantitative estimate of drug-likeness (QED) is 0.852. The van der Waals surface area contributed by atoms with Crippen molar-refractivity contribution in [2.24, 2.45) is 5.73 Å². The summed E-state index contributed by atoms with van der Waals surface area (Å²) >= 11 is 0. The van der Waals surface area contributed by atoms with Gasteiger partial charge in [-0.2, -0.15) is 9.78 Å². The first kappa shape index (κ1) is 12.0. The molecule has 0 aliphatic rings. The molecule has 2 N–H and O–H groups in total. The molecule has 2 rings (SSSR count). The van der Waals surface area contributed by atoms with E-state index in [-0.39, 0.29) is 11.3 Å². The third-order valence-corrected chi connectivity index (χ3v) is 2.70. The topological polar surface area (TPSA) is 78.0 Å². The third-order valence-electron chi connectivity index (χ3n) is 2.70. The van der Waals surface area contributed by atoms with Gasteiger partial charge in [-0.25, -0.2) is 0 Å². The van der Waals surface area contributed by atoms with Crippen molar-refractivity contribution < 1.29 is 4.79 Å². The maximum atomic E-state index is 11.9. The van der Waals surface area contributed by atoms with Crippen molar-refractivity contribution in [2.45, 2.75) is 13.8 Å². The van der Waals surface area contributed by atoms with E-state index in [2.05, 4.69) is 5.10 Å². The lowest BCUT2D eigenvalue weighted by molar-refractivity contribution is 0.0993. The van der Waals surface area contributed by atoms with Crippen LogP contribution in [0.5, 0.6) is 0 Å². The van der Waals surface area contributed by atoms with Crippen molar-refractivity contribution >= 4 is 5.91 Å². The van der Waals surface area contributed by atoms with Crippen molar-refractivity contribution in [3.05, 3.63) is 57.5 Å². The van der Waals surface area contributed by atoms with Crippen LogP contribution in [0.3, 0.4) is 0 Å². The summed E-state index contributed by atoms with van der Waals surface area (Å²) in [6.07, 6.45) is 0. The number of hydrogen-bond acceptors (Lipinski definition) is 3. The minimum Gasteiger partial charge on any atom is -0.364 e. The summed E-state index contributed by atoms with van der Waals surface area (Å²) in [5, 5.41) is 4.03. The number of carbonyl (C=O) groups is 1. The van der Waals surface area contributed by atoms with Gasteiger partial charge in [0.05, 0.1) is 5.69 Å². The lowest BCUT2D eigenvalue weighted by Gasteiger charge is -2.09. The van der Waals surface area contributed by atoms with Gasteiger partial charge in [0.1, 0.15) is 0 Å². The first-order valence-corrected chi connectivity index (χ1v) is 5.47. The van der Waals surface area contributed by atoms with Gasteiger partial charge in [-0.3, -0.25) is 9.59 Å². The minimum atomic E-state index is -0.644. The number of rotatable bonds is 2. The number of carbonyl (C=O) groups excluding carboxylic acids is 1. The molecule has 0 radical (unpaired) electrons. The number of hydrogen-bond donors (Lipinski definition) is 1. The van der Waals surface area contributed by atoms with E-state index < -0.39 is 5.91 Å². The molecule has 1 aromatic heterocycles. The van der Waals surface area contributed by atoms with Gasteiger partial charge in [-0.1, -0.05) is 18.2 Å². The summed E-state index contributed by atoms with van der Waals surface area (Å²) in [5.74, 6) is -0.644. The normalized spacial score (nSPS) is 10.3. The molecule has 1 heterocycles. The summed E-state index contributed by atoms with van der Waals surface area (Å²) in [6, 6.07) is 8.67. The van der Waals surface area contributed by atoms with Crippen molar-refractivity contribution in [1.29, 1.82) is 0 Å². The zero-order valence-corrected chi connectivity index (χ0v) is 10.2. The fraction of sp³-hybridized carbons (Fsp3) is 0.154. The number of para-hydroxylation sites is 1.